The highest BCUT2D eigenvalue weighted by Gasteiger charge is 2.35. The third kappa shape index (κ3) is 2.42. The number of fused-ring (bicyclic) bond motifs is 3. The Hall–Kier alpha value is -3.28. The van der Waals surface area contributed by atoms with Crippen molar-refractivity contribution in [1.82, 2.24) is 0 Å². The minimum Gasteiger partial charge on any atom is -0.493 e. The van der Waals surface area contributed by atoms with Gasteiger partial charge in [-0.25, -0.2) is 4.79 Å². The molecule has 0 radical (unpaired) electrons. The van der Waals surface area contributed by atoms with Crippen molar-refractivity contribution in [3.63, 3.8) is 0 Å². The fourth-order valence-electron chi connectivity index (χ4n) is 3.42. The summed E-state index contributed by atoms with van der Waals surface area (Å²) in [6.07, 6.45) is 0.0135. The van der Waals surface area contributed by atoms with Crippen molar-refractivity contribution in [1.29, 1.82) is 0 Å². The summed E-state index contributed by atoms with van der Waals surface area (Å²) in [5.74, 6) is 0.298. The predicted octanol–water partition coefficient (Wildman–Crippen LogP) is 3.25. The van der Waals surface area contributed by atoms with Gasteiger partial charge in [0.15, 0.2) is 17.2 Å². The highest BCUT2D eigenvalue weighted by molar-refractivity contribution is 5.90. The van der Waals surface area contributed by atoms with E-state index in [1.165, 1.54) is 14.2 Å². The summed E-state index contributed by atoms with van der Waals surface area (Å²) >= 11 is 0. The Bertz CT molecular complexity index is 1070. The van der Waals surface area contributed by atoms with Crippen LogP contribution in [0, 0.1) is 0 Å². The number of carbonyl (C=O) groups is 1. The molecule has 1 atom stereocenters. The molecule has 0 saturated heterocycles. The third-order valence-electron chi connectivity index (χ3n) is 4.54. The molecule has 6 nitrogen and oxygen atoms in total. The quantitative estimate of drug-likeness (QED) is 0.532. The zero-order chi connectivity index (χ0) is 18.3. The fourth-order valence-corrected chi connectivity index (χ4v) is 3.42. The molecule has 0 aliphatic carbocycles. The van der Waals surface area contributed by atoms with Crippen LogP contribution in [0.4, 0.5) is 0 Å². The van der Waals surface area contributed by atoms with E-state index >= 15 is 0 Å². The molecule has 0 amide bonds. The first-order chi connectivity index (χ1) is 12.6. The second-order valence-corrected chi connectivity index (χ2v) is 5.94. The van der Waals surface area contributed by atoms with Crippen LogP contribution in [0.25, 0.3) is 11.0 Å². The first-order valence-corrected chi connectivity index (χ1v) is 8.11. The number of ether oxygens (including phenoxy) is 3. The third-order valence-corrected chi connectivity index (χ3v) is 4.54. The maximum absolute atomic E-state index is 12.7. The number of para-hydroxylation sites is 2. The van der Waals surface area contributed by atoms with Crippen molar-refractivity contribution < 1.29 is 23.4 Å². The van der Waals surface area contributed by atoms with Gasteiger partial charge >= 0.3 is 11.6 Å². The summed E-state index contributed by atoms with van der Waals surface area (Å²) in [5.41, 5.74) is 0.838. The molecule has 3 aromatic rings. The number of carbonyl (C=O) groups excluding carboxylic acids is 1. The van der Waals surface area contributed by atoms with Crippen LogP contribution in [-0.4, -0.2) is 20.2 Å². The lowest BCUT2D eigenvalue weighted by atomic mass is 9.86. The molecule has 2 aromatic carbocycles. The molecule has 0 spiro atoms. The molecule has 1 aliphatic rings. The van der Waals surface area contributed by atoms with Gasteiger partial charge in [-0.1, -0.05) is 24.3 Å². The zero-order valence-corrected chi connectivity index (χ0v) is 14.3. The Labute approximate surface area is 148 Å². The van der Waals surface area contributed by atoms with Crippen LogP contribution in [0.1, 0.15) is 23.5 Å². The van der Waals surface area contributed by atoms with Crippen molar-refractivity contribution in [3.05, 3.63) is 64.0 Å². The van der Waals surface area contributed by atoms with E-state index in [4.69, 9.17) is 18.6 Å². The first-order valence-electron chi connectivity index (χ1n) is 8.11. The molecule has 26 heavy (non-hydrogen) atoms. The van der Waals surface area contributed by atoms with Crippen LogP contribution < -0.4 is 19.8 Å². The summed E-state index contributed by atoms with van der Waals surface area (Å²) in [5, 5.41) is 0.585. The van der Waals surface area contributed by atoms with Crippen LogP contribution >= 0.6 is 0 Å². The average molecular weight is 352 g/mol. The van der Waals surface area contributed by atoms with E-state index in [2.05, 4.69) is 0 Å². The van der Waals surface area contributed by atoms with Gasteiger partial charge < -0.3 is 18.6 Å². The van der Waals surface area contributed by atoms with Gasteiger partial charge in [0.2, 0.25) is 0 Å². The van der Waals surface area contributed by atoms with Gasteiger partial charge in [0.05, 0.1) is 31.6 Å². The van der Waals surface area contributed by atoms with Gasteiger partial charge in [0.1, 0.15) is 5.58 Å². The van der Waals surface area contributed by atoms with E-state index in [9.17, 15) is 9.59 Å². The molecule has 2 heterocycles. The monoisotopic (exact) mass is 352 g/mol. The SMILES string of the molecule is COc1cccc([C@H]2CC(=O)Oc3c2c(=O)oc2ccccc32)c1OC. The van der Waals surface area contributed by atoms with Crippen LogP contribution in [0.3, 0.4) is 0 Å². The van der Waals surface area contributed by atoms with Crippen molar-refractivity contribution in [2.45, 2.75) is 12.3 Å². The van der Waals surface area contributed by atoms with E-state index < -0.39 is 17.5 Å². The molecule has 0 fully saturated rings. The van der Waals surface area contributed by atoms with Crippen LogP contribution in [0.5, 0.6) is 17.2 Å². The second-order valence-electron chi connectivity index (χ2n) is 5.94. The standard InChI is InChI=1S/C20H16O6/c1-23-15-9-5-7-11(18(15)24-2)13-10-16(21)26-19-12-6-3-4-8-14(12)25-20(22)17(13)19/h3-9,13H,10H2,1-2H3/t13-/m1/s1. The van der Waals surface area contributed by atoms with E-state index in [1.54, 1.807) is 36.4 Å². The fraction of sp³-hybridized carbons (Fsp3) is 0.200. The summed E-state index contributed by atoms with van der Waals surface area (Å²) in [7, 11) is 3.05. The number of esters is 1. The van der Waals surface area contributed by atoms with Crippen molar-refractivity contribution in [2.75, 3.05) is 14.2 Å². The Kier molecular flexibility index (Phi) is 3.88. The average Bonchev–Trinajstić information content (AvgIpc) is 2.66. The Morgan fingerprint density at radius 2 is 1.81 bits per heavy atom. The number of methoxy groups -OCH3 is 2. The van der Waals surface area contributed by atoms with Gasteiger partial charge in [-0.15, -0.1) is 0 Å². The lowest BCUT2D eigenvalue weighted by Crippen LogP contribution is -2.27. The smallest absolute Gasteiger partial charge is 0.343 e. The van der Waals surface area contributed by atoms with Crippen molar-refractivity contribution in [3.8, 4) is 17.2 Å². The zero-order valence-electron chi connectivity index (χ0n) is 14.3. The maximum atomic E-state index is 12.7. The van der Waals surface area contributed by atoms with Gasteiger partial charge in [-0.05, 0) is 18.2 Å². The Morgan fingerprint density at radius 3 is 2.58 bits per heavy atom. The molecule has 1 aromatic heterocycles. The summed E-state index contributed by atoms with van der Waals surface area (Å²) in [6.45, 7) is 0. The topological polar surface area (TPSA) is 75.0 Å². The molecular formula is C20H16O6. The van der Waals surface area contributed by atoms with Gasteiger partial charge in [-0.3, -0.25) is 4.79 Å². The molecule has 0 unspecified atom stereocenters. The van der Waals surface area contributed by atoms with Crippen molar-refractivity contribution >= 4 is 16.9 Å². The summed E-state index contributed by atoms with van der Waals surface area (Å²) < 4.78 is 21.7. The Morgan fingerprint density at radius 1 is 1.00 bits per heavy atom. The first kappa shape index (κ1) is 16.2. The van der Waals surface area contributed by atoms with Crippen molar-refractivity contribution in [2.24, 2.45) is 0 Å². The number of benzene rings is 2. The molecule has 6 heteroatoms. The molecular weight excluding hydrogens is 336 g/mol. The highest BCUT2D eigenvalue weighted by Crippen LogP contribution is 2.45. The molecule has 0 bridgehead atoms. The normalized spacial score (nSPS) is 16.1. The highest BCUT2D eigenvalue weighted by atomic mass is 16.5. The largest absolute Gasteiger partial charge is 0.493 e. The second kappa shape index (κ2) is 6.22. The number of rotatable bonds is 3. The van der Waals surface area contributed by atoms with Crippen LogP contribution in [-0.2, 0) is 4.79 Å². The van der Waals surface area contributed by atoms with E-state index in [-0.39, 0.29) is 12.2 Å². The summed E-state index contributed by atoms with van der Waals surface area (Å²) in [6, 6.07) is 12.3. The lowest BCUT2D eigenvalue weighted by molar-refractivity contribution is -0.135. The number of hydrogen-bond acceptors (Lipinski definition) is 6. The Balaban J connectivity index is 2.02. The molecule has 0 saturated carbocycles. The molecule has 132 valence electrons. The molecule has 1 aliphatic heterocycles. The van der Waals surface area contributed by atoms with Crippen LogP contribution in [0.15, 0.2) is 51.7 Å². The molecule has 0 N–H and O–H groups in total. The van der Waals surface area contributed by atoms with Crippen LogP contribution in [0.2, 0.25) is 0 Å². The van der Waals surface area contributed by atoms with E-state index in [0.717, 1.165) is 0 Å². The minimum atomic E-state index is -0.544. The van der Waals surface area contributed by atoms with E-state index in [0.29, 0.717) is 33.6 Å². The number of hydrogen-bond donors (Lipinski definition) is 0. The lowest BCUT2D eigenvalue weighted by Gasteiger charge is -2.26. The van der Waals surface area contributed by atoms with Gasteiger partial charge in [0, 0.05) is 11.5 Å². The minimum absolute atomic E-state index is 0.0135. The maximum Gasteiger partial charge on any atom is 0.343 e. The predicted molar refractivity (Wildman–Crippen MR) is 94.1 cm³/mol. The van der Waals surface area contributed by atoms with E-state index in [1.807, 2.05) is 6.07 Å². The van der Waals surface area contributed by atoms with Gasteiger partial charge in [-0.2, -0.15) is 0 Å². The molecule has 4 rings (SSSR count). The van der Waals surface area contributed by atoms with Gasteiger partial charge in [0.25, 0.3) is 0 Å². The summed E-state index contributed by atoms with van der Waals surface area (Å²) in [4.78, 5) is 25.0.